The largest absolute Gasteiger partial charge is 0.366 e. The Morgan fingerprint density at radius 3 is 2.61 bits per heavy atom. The summed E-state index contributed by atoms with van der Waals surface area (Å²) in [6, 6.07) is 0.400. The maximum absolute atomic E-state index is 13.2. The molecule has 2 aliphatic rings. The lowest BCUT2D eigenvalue weighted by Crippen LogP contribution is -2.54. The summed E-state index contributed by atoms with van der Waals surface area (Å²) >= 11 is 1.44. The van der Waals surface area contributed by atoms with Gasteiger partial charge >= 0.3 is 0 Å². The number of ether oxygens (including phenoxy) is 1. The normalized spacial score (nSPS) is 23.8. The van der Waals surface area contributed by atoms with Crippen molar-refractivity contribution in [2.45, 2.75) is 64.6 Å². The Bertz CT molecular complexity index is 746. The summed E-state index contributed by atoms with van der Waals surface area (Å²) in [7, 11) is 0. The van der Waals surface area contributed by atoms with Crippen molar-refractivity contribution in [3.63, 3.8) is 0 Å². The lowest BCUT2D eigenvalue weighted by Gasteiger charge is -2.26. The van der Waals surface area contributed by atoms with E-state index in [0.29, 0.717) is 30.4 Å². The molecule has 3 rings (SSSR count). The Morgan fingerprint density at radius 2 is 1.97 bits per heavy atom. The molecule has 4 unspecified atom stereocenters. The quantitative estimate of drug-likeness (QED) is 0.573. The highest BCUT2D eigenvalue weighted by atomic mass is 32.1. The van der Waals surface area contributed by atoms with Gasteiger partial charge in [0.2, 0.25) is 5.91 Å². The highest BCUT2D eigenvalue weighted by Gasteiger charge is 2.39. The Hall–Kier alpha value is -1.77. The number of carbonyl (C=O) groups excluding carboxylic acids is 3. The van der Waals surface area contributed by atoms with Gasteiger partial charge in [-0.2, -0.15) is 11.3 Å². The fraction of sp³-hybridized carbons (Fsp3) is 0.696. The molecule has 2 amide bonds. The molecule has 172 valence electrons. The van der Waals surface area contributed by atoms with Crippen LogP contribution >= 0.6 is 11.3 Å². The standard InChI is InChI=1S/C23H35N3O4S/c1-15(2)16(3)6-7-18(24-22(28)17-8-11-31-14-17)23(29)25-21-19(27)13-30-20(21)12-26-9-4-5-10-26/h8,11,14-16,18,20-21H,4-7,9-10,12-13H2,1-3H3,(H,24,28)(H,25,29). The van der Waals surface area contributed by atoms with E-state index in [1.807, 2.05) is 5.38 Å². The van der Waals surface area contributed by atoms with Crippen LogP contribution in [0.4, 0.5) is 0 Å². The molecule has 3 heterocycles. The third kappa shape index (κ3) is 6.60. The van der Waals surface area contributed by atoms with Crippen molar-refractivity contribution in [3.8, 4) is 0 Å². The Labute approximate surface area is 188 Å². The van der Waals surface area contributed by atoms with Gasteiger partial charge in [0.15, 0.2) is 5.78 Å². The zero-order valence-corrected chi connectivity index (χ0v) is 19.6. The molecule has 2 N–H and O–H groups in total. The summed E-state index contributed by atoms with van der Waals surface area (Å²) in [6.45, 7) is 9.14. The molecular formula is C23H35N3O4S. The van der Waals surface area contributed by atoms with Crippen molar-refractivity contribution < 1.29 is 19.1 Å². The van der Waals surface area contributed by atoms with Gasteiger partial charge in [0.25, 0.3) is 5.91 Å². The van der Waals surface area contributed by atoms with Crippen molar-refractivity contribution in [2.24, 2.45) is 11.8 Å². The van der Waals surface area contributed by atoms with Crippen molar-refractivity contribution >= 4 is 28.9 Å². The van der Waals surface area contributed by atoms with Gasteiger partial charge in [-0.3, -0.25) is 14.4 Å². The van der Waals surface area contributed by atoms with Gasteiger partial charge in [-0.05, 0) is 62.1 Å². The van der Waals surface area contributed by atoms with Gasteiger partial charge in [0.1, 0.15) is 18.7 Å². The van der Waals surface area contributed by atoms with E-state index in [1.165, 1.54) is 11.3 Å². The number of nitrogens with one attached hydrogen (secondary N) is 2. The van der Waals surface area contributed by atoms with E-state index < -0.39 is 12.1 Å². The number of ketones is 1. The summed E-state index contributed by atoms with van der Waals surface area (Å²) in [5, 5.41) is 9.39. The smallest absolute Gasteiger partial charge is 0.252 e. The average Bonchev–Trinajstić information content (AvgIpc) is 3.50. The number of nitrogens with zero attached hydrogens (tertiary/aromatic N) is 1. The highest BCUT2D eigenvalue weighted by molar-refractivity contribution is 7.08. The number of hydrogen-bond acceptors (Lipinski definition) is 6. The summed E-state index contributed by atoms with van der Waals surface area (Å²) < 4.78 is 5.70. The molecule has 31 heavy (non-hydrogen) atoms. The summed E-state index contributed by atoms with van der Waals surface area (Å²) in [4.78, 5) is 40.5. The molecule has 0 spiro atoms. The van der Waals surface area contributed by atoms with Crippen LogP contribution in [0, 0.1) is 11.8 Å². The minimum atomic E-state index is -0.686. The SMILES string of the molecule is CC(C)C(C)CCC(NC(=O)c1ccsc1)C(=O)NC1C(=O)COC1CN1CCCC1. The molecule has 2 saturated heterocycles. The molecule has 0 aliphatic carbocycles. The number of Topliss-reactive ketones (excluding diaryl/α,β-unsaturated/α-hetero) is 1. The summed E-state index contributed by atoms with van der Waals surface area (Å²) in [5.41, 5.74) is 0.548. The second kappa shape index (κ2) is 11.2. The highest BCUT2D eigenvalue weighted by Crippen LogP contribution is 2.19. The van der Waals surface area contributed by atoms with Gasteiger partial charge in [-0.1, -0.05) is 20.8 Å². The maximum Gasteiger partial charge on any atom is 0.252 e. The molecule has 0 saturated carbocycles. The van der Waals surface area contributed by atoms with Crippen LogP contribution in [0.3, 0.4) is 0 Å². The molecule has 0 aromatic carbocycles. The molecule has 0 bridgehead atoms. The molecule has 4 atom stereocenters. The van der Waals surface area contributed by atoms with Crippen LogP contribution in [0.15, 0.2) is 16.8 Å². The molecule has 1 aromatic heterocycles. The fourth-order valence-corrected chi connectivity index (χ4v) is 4.69. The lowest BCUT2D eigenvalue weighted by atomic mass is 9.91. The fourth-order valence-electron chi connectivity index (χ4n) is 4.05. The van der Waals surface area contributed by atoms with Gasteiger partial charge in [0.05, 0.1) is 11.7 Å². The number of hydrogen-bond donors (Lipinski definition) is 2. The van der Waals surface area contributed by atoms with E-state index in [4.69, 9.17) is 4.74 Å². The number of thiophene rings is 1. The third-order valence-corrected chi connectivity index (χ3v) is 7.23. The predicted molar refractivity (Wildman–Crippen MR) is 121 cm³/mol. The monoisotopic (exact) mass is 449 g/mol. The number of carbonyl (C=O) groups is 3. The topological polar surface area (TPSA) is 87.7 Å². The number of rotatable bonds is 10. The predicted octanol–water partition coefficient (Wildman–Crippen LogP) is 2.47. The first-order valence-corrected chi connectivity index (χ1v) is 12.3. The minimum Gasteiger partial charge on any atom is -0.366 e. The van der Waals surface area contributed by atoms with E-state index in [9.17, 15) is 14.4 Å². The zero-order chi connectivity index (χ0) is 22.4. The van der Waals surface area contributed by atoms with Crippen molar-refractivity contribution in [3.05, 3.63) is 22.4 Å². The van der Waals surface area contributed by atoms with Crippen LogP contribution in [0.25, 0.3) is 0 Å². The maximum atomic E-state index is 13.2. The van der Waals surface area contributed by atoms with Gasteiger partial charge in [0, 0.05) is 11.9 Å². The number of amides is 2. The molecule has 1 aromatic rings. The van der Waals surface area contributed by atoms with Crippen LogP contribution in [0.2, 0.25) is 0 Å². The van der Waals surface area contributed by atoms with E-state index in [2.05, 4.69) is 36.3 Å². The molecule has 2 aliphatic heterocycles. The summed E-state index contributed by atoms with van der Waals surface area (Å²) in [6.07, 6.45) is 3.31. The molecular weight excluding hydrogens is 414 g/mol. The third-order valence-electron chi connectivity index (χ3n) is 6.55. The first-order valence-electron chi connectivity index (χ1n) is 11.3. The van der Waals surface area contributed by atoms with Crippen LogP contribution < -0.4 is 10.6 Å². The zero-order valence-electron chi connectivity index (χ0n) is 18.8. The molecule has 0 radical (unpaired) electrons. The van der Waals surface area contributed by atoms with Gasteiger partial charge in [-0.25, -0.2) is 0 Å². The molecule has 8 heteroatoms. The van der Waals surface area contributed by atoms with Gasteiger partial charge in [-0.15, -0.1) is 0 Å². The first kappa shape index (κ1) is 23.9. The van der Waals surface area contributed by atoms with Gasteiger partial charge < -0.3 is 20.3 Å². The summed E-state index contributed by atoms with van der Waals surface area (Å²) in [5.74, 6) is 0.241. The second-order valence-electron chi connectivity index (χ2n) is 9.15. The van der Waals surface area contributed by atoms with E-state index >= 15 is 0 Å². The van der Waals surface area contributed by atoms with Crippen LogP contribution in [-0.2, 0) is 14.3 Å². The molecule has 7 nitrogen and oxygen atoms in total. The Morgan fingerprint density at radius 1 is 1.23 bits per heavy atom. The first-order chi connectivity index (χ1) is 14.8. The van der Waals surface area contributed by atoms with E-state index in [1.54, 1.807) is 11.4 Å². The Balaban J connectivity index is 1.65. The van der Waals surface area contributed by atoms with Crippen LogP contribution in [-0.4, -0.2) is 66.9 Å². The van der Waals surface area contributed by atoms with Crippen LogP contribution in [0.1, 0.15) is 56.8 Å². The van der Waals surface area contributed by atoms with Crippen molar-refractivity contribution in [1.82, 2.24) is 15.5 Å². The average molecular weight is 450 g/mol. The minimum absolute atomic E-state index is 0.0275. The van der Waals surface area contributed by atoms with E-state index in [0.717, 1.165) is 32.4 Å². The van der Waals surface area contributed by atoms with Crippen molar-refractivity contribution in [1.29, 1.82) is 0 Å². The lowest BCUT2D eigenvalue weighted by molar-refractivity contribution is -0.127. The van der Waals surface area contributed by atoms with E-state index in [-0.39, 0.29) is 30.3 Å². The Kier molecular flexibility index (Phi) is 8.63. The van der Waals surface area contributed by atoms with Crippen molar-refractivity contribution in [2.75, 3.05) is 26.2 Å². The molecule has 2 fully saturated rings. The van der Waals surface area contributed by atoms with Crippen LogP contribution in [0.5, 0.6) is 0 Å². The number of likely N-dealkylation sites (tertiary alicyclic amines) is 1. The second-order valence-corrected chi connectivity index (χ2v) is 9.93.